The summed E-state index contributed by atoms with van der Waals surface area (Å²) in [6.45, 7) is 4.71. The highest BCUT2D eigenvalue weighted by Gasteiger charge is 2.27. The van der Waals surface area contributed by atoms with Crippen LogP contribution in [0.1, 0.15) is 24.0 Å². The summed E-state index contributed by atoms with van der Waals surface area (Å²) in [5.74, 6) is 0.433. The van der Waals surface area contributed by atoms with Crippen LogP contribution in [0.5, 0.6) is 0 Å². The van der Waals surface area contributed by atoms with Gasteiger partial charge in [-0.15, -0.1) is 0 Å². The molecule has 3 rings (SSSR count). The Balaban J connectivity index is 1.54. The van der Waals surface area contributed by atoms with Crippen LogP contribution in [-0.2, 0) is 11.3 Å². The van der Waals surface area contributed by atoms with Gasteiger partial charge in [-0.25, -0.2) is 0 Å². The van der Waals surface area contributed by atoms with Crippen molar-refractivity contribution in [1.29, 1.82) is 0 Å². The van der Waals surface area contributed by atoms with Crippen molar-refractivity contribution < 1.29 is 4.79 Å². The first-order valence-corrected chi connectivity index (χ1v) is 8.74. The van der Waals surface area contributed by atoms with E-state index < -0.39 is 0 Å². The molecule has 0 bridgehead atoms. The molecule has 0 aromatic heterocycles. The Hall–Kier alpha value is -2.29. The van der Waals surface area contributed by atoms with Crippen LogP contribution < -0.4 is 4.90 Å². The number of benzene rings is 2. The van der Waals surface area contributed by atoms with Crippen LogP contribution in [0.25, 0.3) is 0 Å². The molecule has 0 atom stereocenters. The van der Waals surface area contributed by atoms with Crippen molar-refractivity contribution in [2.45, 2.75) is 26.3 Å². The molecule has 0 aliphatic carbocycles. The van der Waals surface area contributed by atoms with Gasteiger partial charge in [0.1, 0.15) is 0 Å². The number of piperidine rings is 1. The summed E-state index contributed by atoms with van der Waals surface area (Å²) in [6.07, 6.45) is 1.87. The van der Waals surface area contributed by atoms with Gasteiger partial charge in [0.2, 0.25) is 5.91 Å². The molecule has 2 aromatic carbocycles. The third-order valence-corrected chi connectivity index (χ3v) is 4.88. The predicted molar refractivity (Wildman–Crippen MR) is 99.0 cm³/mol. The smallest absolute Gasteiger partial charge is 0.225 e. The van der Waals surface area contributed by atoms with Crippen LogP contribution in [0, 0.1) is 12.8 Å². The number of nitrogens with zero attached hydrogens (tertiary/aromatic N) is 2. The molecule has 0 spiro atoms. The Morgan fingerprint density at radius 3 is 2.29 bits per heavy atom. The van der Waals surface area contributed by atoms with Crippen LogP contribution in [-0.4, -0.2) is 30.9 Å². The third-order valence-electron chi connectivity index (χ3n) is 4.88. The molecule has 1 heterocycles. The van der Waals surface area contributed by atoms with Crippen LogP contribution in [0.4, 0.5) is 5.69 Å². The summed E-state index contributed by atoms with van der Waals surface area (Å²) < 4.78 is 0. The molecule has 1 fully saturated rings. The monoisotopic (exact) mass is 322 g/mol. The molecule has 1 saturated heterocycles. The molecule has 0 saturated carbocycles. The molecule has 1 amide bonds. The lowest BCUT2D eigenvalue weighted by Gasteiger charge is -2.34. The maximum Gasteiger partial charge on any atom is 0.225 e. The van der Waals surface area contributed by atoms with Gasteiger partial charge >= 0.3 is 0 Å². The summed E-state index contributed by atoms with van der Waals surface area (Å²) in [5, 5.41) is 0. The van der Waals surface area contributed by atoms with E-state index in [1.165, 1.54) is 16.8 Å². The van der Waals surface area contributed by atoms with E-state index in [1.54, 1.807) is 0 Å². The Morgan fingerprint density at radius 1 is 1.04 bits per heavy atom. The van der Waals surface area contributed by atoms with E-state index >= 15 is 0 Å². The van der Waals surface area contributed by atoms with Crippen molar-refractivity contribution >= 4 is 11.6 Å². The normalized spacial score (nSPS) is 15.3. The SMILES string of the molecule is Cc1ccc(N2CCC(C(=O)N(C)Cc3ccccc3)CC2)cc1. The van der Waals surface area contributed by atoms with E-state index in [-0.39, 0.29) is 11.8 Å². The first-order chi connectivity index (χ1) is 11.6. The number of carbonyl (C=O) groups excluding carboxylic acids is 1. The second kappa shape index (κ2) is 7.52. The number of hydrogen-bond acceptors (Lipinski definition) is 2. The lowest BCUT2D eigenvalue weighted by molar-refractivity contribution is -0.135. The largest absolute Gasteiger partial charge is 0.371 e. The molecule has 0 N–H and O–H groups in total. The van der Waals surface area contributed by atoms with E-state index in [9.17, 15) is 4.79 Å². The second-order valence-electron chi connectivity index (χ2n) is 6.78. The first kappa shape index (κ1) is 16.6. The van der Waals surface area contributed by atoms with Crippen LogP contribution in [0.15, 0.2) is 54.6 Å². The number of hydrogen-bond donors (Lipinski definition) is 0. The number of carbonyl (C=O) groups is 1. The molecular formula is C21H26N2O. The van der Waals surface area contributed by atoms with Gasteiger partial charge in [0.15, 0.2) is 0 Å². The van der Waals surface area contributed by atoms with E-state index in [0.717, 1.165) is 25.9 Å². The molecule has 126 valence electrons. The fourth-order valence-electron chi connectivity index (χ4n) is 3.39. The molecule has 3 heteroatoms. The molecule has 3 nitrogen and oxygen atoms in total. The maximum absolute atomic E-state index is 12.7. The van der Waals surface area contributed by atoms with Gasteiger partial charge in [-0.1, -0.05) is 48.0 Å². The molecule has 1 aliphatic heterocycles. The van der Waals surface area contributed by atoms with Crippen molar-refractivity contribution in [3.05, 3.63) is 65.7 Å². The van der Waals surface area contributed by atoms with E-state index in [1.807, 2.05) is 30.1 Å². The Kier molecular flexibility index (Phi) is 5.19. The highest BCUT2D eigenvalue weighted by atomic mass is 16.2. The van der Waals surface area contributed by atoms with Crippen molar-refractivity contribution in [2.24, 2.45) is 5.92 Å². The van der Waals surface area contributed by atoms with Gasteiger partial charge in [-0.3, -0.25) is 4.79 Å². The van der Waals surface area contributed by atoms with E-state index in [0.29, 0.717) is 6.54 Å². The van der Waals surface area contributed by atoms with Crippen LogP contribution >= 0.6 is 0 Å². The number of anilines is 1. The zero-order chi connectivity index (χ0) is 16.9. The van der Waals surface area contributed by atoms with Crippen molar-refractivity contribution in [2.75, 3.05) is 25.0 Å². The van der Waals surface area contributed by atoms with Gasteiger partial charge in [-0.2, -0.15) is 0 Å². The zero-order valence-corrected chi connectivity index (χ0v) is 14.6. The van der Waals surface area contributed by atoms with Crippen LogP contribution in [0.3, 0.4) is 0 Å². The third kappa shape index (κ3) is 3.97. The standard InChI is InChI=1S/C21H26N2O/c1-17-8-10-20(11-9-17)23-14-12-19(13-15-23)21(24)22(2)16-18-6-4-3-5-7-18/h3-11,19H,12-16H2,1-2H3. The first-order valence-electron chi connectivity index (χ1n) is 8.74. The molecule has 0 unspecified atom stereocenters. The van der Waals surface area contributed by atoms with E-state index in [2.05, 4.69) is 48.2 Å². The molecule has 24 heavy (non-hydrogen) atoms. The minimum Gasteiger partial charge on any atom is -0.371 e. The minimum atomic E-state index is 0.153. The quantitative estimate of drug-likeness (QED) is 0.853. The van der Waals surface area contributed by atoms with Gasteiger partial charge < -0.3 is 9.80 Å². The summed E-state index contributed by atoms with van der Waals surface area (Å²) in [6, 6.07) is 18.9. The van der Waals surface area contributed by atoms with Gasteiger partial charge in [0.05, 0.1) is 0 Å². The number of aryl methyl sites for hydroxylation is 1. The van der Waals surface area contributed by atoms with Crippen molar-refractivity contribution in [3.63, 3.8) is 0 Å². The molecule has 1 aliphatic rings. The fourth-order valence-corrected chi connectivity index (χ4v) is 3.39. The minimum absolute atomic E-state index is 0.153. The maximum atomic E-state index is 12.7. The van der Waals surface area contributed by atoms with Crippen molar-refractivity contribution in [3.8, 4) is 0 Å². The van der Waals surface area contributed by atoms with Crippen LogP contribution in [0.2, 0.25) is 0 Å². The lowest BCUT2D eigenvalue weighted by Crippen LogP contribution is -2.41. The van der Waals surface area contributed by atoms with Gasteiger partial charge in [0.25, 0.3) is 0 Å². The second-order valence-corrected chi connectivity index (χ2v) is 6.78. The molecule has 0 radical (unpaired) electrons. The topological polar surface area (TPSA) is 23.6 Å². The van der Waals surface area contributed by atoms with Gasteiger partial charge in [-0.05, 0) is 37.5 Å². The molecule has 2 aromatic rings. The Morgan fingerprint density at radius 2 is 1.67 bits per heavy atom. The fraction of sp³-hybridized carbons (Fsp3) is 0.381. The summed E-state index contributed by atoms with van der Waals surface area (Å²) in [5.41, 5.74) is 3.74. The average molecular weight is 322 g/mol. The Bertz CT molecular complexity index is 658. The summed E-state index contributed by atoms with van der Waals surface area (Å²) >= 11 is 0. The number of rotatable bonds is 4. The lowest BCUT2D eigenvalue weighted by atomic mass is 9.94. The Labute approximate surface area is 144 Å². The van der Waals surface area contributed by atoms with E-state index in [4.69, 9.17) is 0 Å². The van der Waals surface area contributed by atoms with Gasteiger partial charge in [0, 0.05) is 38.3 Å². The highest BCUT2D eigenvalue weighted by molar-refractivity contribution is 5.79. The van der Waals surface area contributed by atoms with Crippen molar-refractivity contribution in [1.82, 2.24) is 4.90 Å². The highest BCUT2D eigenvalue weighted by Crippen LogP contribution is 2.25. The summed E-state index contributed by atoms with van der Waals surface area (Å²) in [4.78, 5) is 17.0. The predicted octanol–water partition coefficient (Wildman–Crippen LogP) is 3.87. The zero-order valence-electron chi connectivity index (χ0n) is 14.6. The average Bonchev–Trinajstić information content (AvgIpc) is 2.63. The summed E-state index contributed by atoms with van der Waals surface area (Å²) in [7, 11) is 1.92. The number of amides is 1. The molecular weight excluding hydrogens is 296 g/mol.